The Kier molecular flexibility index (Phi) is 3.60. The Hall–Kier alpha value is -2.70. The van der Waals surface area contributed by atoms with Crippen molar-refractivity contribution >= 4 is 28.3 Å². The van der Waals surface area contributed by atoms with Crippen LogP contribution in [-0.4, -0.2) is 36.7 Å². The molecule has 0 saturated heterocycles. The molecule has 1 aliphatic carbocycles. The van der Waals surface area contributed by atoms with Gasteiger partial charge in [0.1, 0.15) is 23.7 Å². The molecule has 6 nitrogen and oxygen atoms in total. The van der Waals surface area contributed by atoms with Crippen LogP contribution in [0.1, 0.15) is 18.5 Å². The van der Waals surface area contributed by atoms with Gasteiger partial charge in [0.2, 0.25) is 0 Å². The van der Waals surface area contributed by atoms with Crippen molar-refractivity contribution < 1.29 is 9.84 Å². The first-order valence-corrected chi connectivity index (χ1v) is 9.16. The number of aryl methyl sites for hydroxylation is 1. The fraction of sp³-hybridized carbons (Fsp3) is 0.250. The lowest BCUT2D eigenvalue weighted by Crippen LogP contribution is -2.18. The molecule has 0 radical (unpaired) electrons. The normalized spacial score (nSPS) is 15.4. The van der Waals surface area contributed by atoms with Gasteiger partial charge in [0, 0.05) is 11.8 Å². The molecule has 0 bridgehead atoms. The Morgan fingerprint density at radius 1 is 1.26 bits per heavy atom. The third kappa shape index (κ3) is 2.81. The van der Waals surface area contributed by atoms with Crippen molar-refractivity contribution in [2.45, 2.75) is 25.4 Å². The Bertz CT molecular complexity index is 1180. The Morgan fingerprint density at radius 2 is 2.11 bits per heavy atom. The molecule has 0 atom stereocenters. The summed E-state index contributed by atoms with van der Waals surface area (Å²) in [6, 6.07) is 9.23. The Labute approximate surface area is 160 Å². The maximum Gasteiger partial charge on any atom is 0.164 e. The molecule has 0 spiro atoms. The third-order valence-electron chi connectivity index (χ3n) is 4.91. The van der Waals surface area contributed by atoms with E-state index in [-0.39, 0.29) is 6.61 Å². The molecule has 3 aromatic heterocycles. The molecular formula is C20H17ClN4O2. The van der Waals surface area contributed by atoms with Gasteiger partial charge in [0.05, 0.1) is 28.0 Å². The zero-order chi connectivity index (χ0) is 18.6. The quantitative estimate of drug-likeness (QED) is 0.582. The first kappa shape index (κ1) is 16.5. The van der Waals surface area contributed by atoms with Gasteiger partial charge in [0.25, 0.3) is 0 Å². The van der Waals surface area contributed by atoms with Crippen molar-refractivity contribution in [3.8, 4) is 17.1 Å². The fourth-order valence-corrected chi connectivity index (χ4v) is 3.37. The summed E-state index contributed by atoms with van der Waals surface area (Å²) < 4.78 is 7.75. The number of aliphatic hydroxyl groups is 1. The summed E-state index contributed by atoms with van der Waals surface area (Å²) in [4.78, 5) is 13.7. The van der Waals surface area contributed by atoms with Gasteiger partial charge in [-0.2, -0.15) is 0 Å². The van der Waals surface area contributed by atoms with Crippen molar-refractivity contribution in [2.24, 2.45) is 0 Å². The summed E-state index contributed by atoms with van der Waals surface area (Å²) in [7, 11) is 0. The van der Waals surface area contributed by atoms with Gasteiger partial charge in [-0.1, -0.05) is 11.6 Å². The van der Waals surface area contributed by atoms with Gasteiger partial charge in [0.15, 0.2) is 5.65 Å². The minimum Gasteiger partial charge on any atom is -0.491 e. The summed E-state index contributed by atoms with van der Waals surface area (Å²) in [5.41, 5.74) is 3.33. The van der Waals surface area contributed by atoms with Gasteiger partial charge in [-0.25, -0.2) is 15.0 Å². The van der Waals surface area contributed by atoms with Crippen LogP contribution in [0.3, 0.4) is 0 Å². The molecule has 136 valence electrons. The van der Waals surface area contributed by atoms with E-state index in [1.807, 2.05) is 29.5 Å². The number of halogens is 1. The van der Waals surface area contributed by atoms with Crippen LogP contribution in [0.25, 0.3) is 28.1 Å². The van der Waals surface area contributed by atoms with Gasteiger partial charge < -0.3 is 9.84 Å². The monoisotopic (exact) mass is 380 g/mol. The lowest BCUT2D eigenvalue weighted by molar-refractivity contribution is 0.0857. The third-order valence-corrected chi connectivity index (χ3v) is 5.24. The van der Waals surface area contributed by atoms with E-state index in [0.717, 1.165) is 40.8 Å². The van der Waals surface area contributed by atoms with Crippen molar-refractivity contribution in [1.29, 1.82) is 0 Å². The van der Waals surface area contributed by atoms with E-state index in [1.165, 1.54) is 0 Å². The molecule has 7 heteroatoms. The van der Waals surface area contributed by atoms with E-state index < -0.39 is 5.60 Å². The van der Waals surface area contributed by atoms with Crippen LogP contribution in [0.2, 0.25) is 5.02 Å². The predicted octanol–water partition coefficient (Wildman–Crippen LogP) is 3.81. The number of hydrogen-bond acceptors (Lipinski definition) is 5. The van der Waals surface area contributed by atoms with E-state index in [1.54, 1.807) is 24.5 Å². The van der Waals surface area contributed by atoms with E-state index in [4.69, 9.17) is 16.3 Å². The van der Waals surface area contributed by atoms with Gasteiger partial charge in [-0.15, -0.1) is 0 Å². The van der Waals surface area contributed by atoms with Gasteiger partial charge in [-0.3, -0.25) is 4.40 Å². The fourth-order valence-electron chi connectivity index (χ4n) is 3.17. The lowest BCUT2D eigenvalue weighted by atomic mass is 10.2. The molecule has 1 fully saturated rings. The molecule has 1 N–H and O–H groups in total. The second-order valence-corrected chi connectivity index (χ2v) is 7.41. The summed E-state index contributed by atoms with van der Waals surface area (Å²) in [6.07, 6.45) is 5.08. The second-order valence-electron chi connectivity index (χ2n) is 7.00. The summed E-state index contributed by atoms with van der Waals surface area (Å²) in [5, 5.41) is 10.6. The molecule has 27 heavy (non-hydrogen) atoms. The van der Waals surface area contributed by atoms with Crippen LogP contribution in [0, 0.1) is 6.92 Å². The second kappa shape index (κ2) is 5.90. The maximum absolute atomic E-state index is 10.0. The molecular weight excluding hydrogens is 364 g/mol. The van der Waals surface area contributed by atoms with Crippen molar-refractivity contribution in [3.63, 3.8) is 0 Å². The maximum atomic E-state index is 10.0. The number of nitrogens with zero attached hydrogens (tertiary/aromatic N) is 4. The van der Waals surface area contributed by atoms with Crippen molar-refractivity contribution in [3.05, 3.63) is 53.4 Å². The minimum atomic E-state index is -0.678. The van der Waals surface area contributed by atoms with Gasteiger partial charge >= 0.3 is 0 Å². The topological polar surface area (TPSA) is 72.5 Å². The number of rotatable bonds is 4. The number of imidazole rings is 1. The molecule has 0 amide bonds. The van der Waals surface area contributed by atoms with Crippen LogP contribution in [0.4, 0.5) is 0 Å². The highest BCUT2D eigenvalue weighted by Crippen LogP contribution is 2.37. The van der Waals surface area contributed by atoms with Crippen molar-refractivity contribution in [2.75, 3.05) is 6.61 Å². The number of benzene rings is 1. The highest BCUT2D eigenvalue weighted by molar-refractivity contribution is 6.33. The van der Waals surface area contributed by atoms with E-state index in [2.05, 4.69) is 15.0 Å². The minimum absolute atomic E-state index is 0.282. The molecule has 1 aromatic carbocycles. The number of fused-ring (bicyclic) bond motifs is 3. The first-order valence-electron chi connectivity index (χ1n) is 8.78. The van der Waals surface area contributed by atoms with Crippen LogP contribution < -0.4 is 4.74 Å². The first-order chi connectivity index (χ1) is 13.0. The molecule has 4 aromatic rings. The van der Waals surface area contributed by atoms with Gasteiger partial charge in [-0.05, 0) is 50.1 Å². The van der Waals surface area contributed by atoms with E-state index in [9.17, 15) is 5.11 Å². The van der Waals surface area contributed by atoms with Crippen LogP contribution in [0.15, 0.2) is 42.7 Å². The lowest BCUT2D eigenvalue weighted by Gasteiger charge is -2.12. The molecule has 5 rings (SSSR count). The molecule has 1 saturated carbocycles. The summed E-state index contributed by atoms with van der Waals surface area (Å²) in [5.74, 6) is 1.33. The van der Waals surface area contributed by atoms with E-state index >= 15 is 0 Å². The standard InChI is InChI=1S/C20H17ClN4O2/c1-12-17-10-23-18(25(17)19-16(24-12)3-2-8-22-19)14-9-13(4-5-15(14)21)27-11-20(26)6-7-20/h2-5,8-10,26H,6-7,11H2,1H3. The molecule has 0 aliphatic heterocycles. The SMILES string of the molecule is Cc1nc2cccnc2n2c(-c3cc(OCC4(O)CC4)ccc3Cl)ncc12. The average molecular weight is 381 g/mol. The number of ether oxygens (including phenoxy) is 1. The van der Waals surface area contributed by atoms with Crippen LogP contribution >= 0.6 is 11.6 Å². The van der Waals surface area contributed by atoms with Crippen LogP contribution in [0.5, 0.6) is 5.75 Å². The highest BCUT2D eigenvalue weighted by atomic mass is 35.5. The molecule has 0 unspecified atom stereocenters. The number of pyridine rings is 1. The smallest absolute Gasteiger partial charge is 0.164 e. The number of aromatic nitrogens is 4. The Morgan fingerprint density at radius 3 is 2.93 bits per heavy atom. The van der Waals surface area contributed by atoms with Crippen molar-refractivity contribution in [1.82, 2.24) is 19.4 Å². The predicted molar refractivity (Wildman–Crippen MR) is 103 cm³/mol. The zero-order valence-corrected chi connectivity index (χ0v) is 15.4. The van der Waals surface area contributed by atoms with E-state index in [0.29, 0.717) is 16.6 Å². The average Bonchev–Trinajstić information content (AvgIpc) is 3.24. The molecule has 1 aliphatic rings. The summed E-state index contributed by atoms with van der Waals surface area (Å²) in [6.45, 7) is 2.23. The van der Waals surface area contributed by atoms with Crippen LogP contribution in [-0.2, 0) is 0 Å². The zero-order valence-electron chi connectivity index (χ0n) is 14.7. The molecule has 3 heterocycles. The highest BCUT2D eigenvalue weighted by Gasteiger charge is 2.41. The number of hydrogen-bond donors (Lipinski definition) is 1. The Balaban J connectivity index is 1.67. The largest absolute Gasteiger partial charge is 0.491 e. The summed E-state index contributed by atoms with van der Waals surface area (Å²) >= 11 is 6.49.